The average Bonchev–Trinajstić information content (AvgIpc) is 3.37. The van der Waals surface area contributed by atoms with Crippen molar-refractivity contribution in [2.24, 2.45) is 5.73 Å². The van der Waals surface area contributed by atoms with Crippen molar-refractivity contribution >= 4 is 28.5 Å². The third kappa shape index (κ3) is 3.71. The number of benzene rings is 1. The number of thiazole rings is 1. The second-order valence-electron chi connectivity index (χ2n) is 6.36. The second-order valence-corrected chi connectivity index (χ2v) is 7.26. The molecule has 1 unspecified atom stereocenters. The van der Waals surface area contributed by atoms with Crippen molar-refractivity contribution in [2.45, 2.75) is 12.5 Å². The van der Waals surface area contributed by atoms with Gasteiger partial charge < -0.3 is 20.6 Å². The van der Waals surface area contributed by atoms with E-state index in [0.29, 0.717) is 21.6 Å². The number of aliphatic hydroxyl groups is 1. The molecule has 4 rings (SSSR count). The number of aromatic nitrogens is 4. The average molecular weight is 423 g/mol. The van der Waals surface area contributed by atoms with Crippen molar-refractivity contribution in [1.82, 2.24) is 19.9 Å². The van der Waals surface area contributed by atoms with Crippen LogP contribution in [0.4, 0.5) is 9.18 Å². The summed E-state index contributed by atoms with van der Waals surface area (Å²) in [5.41, 5.74) is 5.10. The molecule has 0 aliphatic rings. The number of nitrogens with zero attached hydrogens (tertiary/aromatic N) is 3. The van der Waals surface area contributed by atoms with E-state index in [-0.39, 0.29) is 17.1 Å². The fraction of sp³-hybridized carbons (Fsp3) is 0.100. The molecule has 8 nitrogen and oxygen atoms in total. The highest BCUT2D eigenvalue weighted by Gasteiger charge is 2.23. The molecule has 3 aromatic heterocycles. The van der Waals surface area contributed by atoms with Gasteiger partial charge in [-0.2, -0.15) is 4.98 Å². The fourth-order valence-corrected chi connectivity index (χ4v) is 3.44. The normalized spacial score (nSPS) is 12.8. The van der Waals surface area contributed by atoms with E-state index in [9.17, 15) is 9.90 Å². The Morgan fingerprint density at radius 3 is 2.93 bits per heavy atom. The Morgan fingerprint density at radius 2 is 2.20 bits per heavy atom. The molecule has 4 N–H and O–H groups in total. The van der Waals surface area contributed by atoms with Gasteiger partial charge in [0, 0.05) is 28.9 Å². The Labute approximate surface area is 173 Å². The van der Waals surface area contributed by atoms with E-state index in [1.54, 1.807) is 29.9 Å². The van der Waals surface area contributed by atoms with Crippen LogP contribution in [0.25, 0.3) is 22.2 Å². The molecule has 0 aliphatic carbocycles. The lowest BCUT2D eigenvalue weighted by Gasteiger charge is -2.12. The van der Waals surface area contributed by atoms with Gasteiger partial charge in [-0.15, -0.1) is 11.3 Å². The predicted molar refractivity (Wildman–Crippen MR) is 108 cm³/mol. The van der Waals surface area contributed by atoms with Crippen LogP contribution >= 0.6 is 11.3 Å². The molecule has 30 heavy (non-hydrogen) atoms. The van der Waals surface area contributed by atoms with Crippen molar-refractivity contribution in [3.05, 3.63) is 58.6 Å². The number of H-pyrrole nitrogens is 1. The lowest BCUT2D eigenvalue weighted by Crippen LogP contribution is -2.18. The number of fused-ring (bicyclic) bond motifs is 1. The Kier molecular flexibility index (Phi) is 4.91. The third-order valence-corrected chi connectivity index (χ3v) is 5.15. The van der Waals surface area contributed by atoms with Crippen LogP contribution < -0.4 is 10.5 Å². The number of hydrogen-bond donors (Lipinski definition) is 3. The predicted octanol–water partition coefficient (Wildman–Crippen LogP) is 2.94. The van der Waals surface area contributed by atoms with Crippen molar-refractivity contribution in [3.8, 4) is 29.0 Å². The number of rotatable bonds is 3. The highest BCUT2D eigenvalue weighted by Crippen LogP contribution is 2.31. The standard InChI is InChI=1S/C20H14FN5O3S/c1-20(28,17-23-7-8-30-17)6-5-11-3-2-4-12(15(11)21)13-9-24-14-10-25-19(26-16(13)14)29-18(22)27/h2-4,7-10,24,28H,1H3,(H2,22,27). The van der Waals surface area contributed by atoms with Gasteiger partial charge in [0.25, 0.3) is 0 Å². The van der Waals surface area contributed by atoms with Crippen molar-refractivity contribution in [3.63, 3.8) is 0 Å². The molecule has 1 atom stereocenters. The number of amides is 1. The first-order chi connectivity index (χ1) is 14.3. The lowest BCUT2D eigenvalue weighted by molar-refractivity contribution is 0.122. The zero-order valence-corrected chi connectivity index (χ0v) is 16.3. The first kappa shape index (κ1) is 19.5. The second kappa shape index (κ2) is 7.55. The smallest absolute Gasteiger partial charge is 0.374 e. The minimum absolute atomic E-state index is 0.0985. The number of hydrogen-bond acceptors (Lipinski definition) is 7. The summed E-state index contributed by atoms with van der Waals surface area (Å²) in [6, 6.07) is 4.47. The van der Waals surface area contributed by atoms with Crippen molar-refractivity contribution in [2.75, 3.05) is 0 Å². The summed E-state index contributed by atoms with van der Waals surface area (Å²) in [5.74, 6) is 4.77. The number of carbonyl (C=O) groups is 1. The van der Waals surface area contributed by atoms with Crippen LogP contribution in [-0.4, -0.2) is 31.1 Å². The highest BCUT2D eigenvalue weighted by atomic mass is 32.1. The van der Waals surface area contributed by atoms with Gasteiger partial charge in [-0.05, 0) is 13.0 Å². The number of carbonyl (C=O) groups excluding carboxylic acids is 1. The summed E-state index contributed by atoms with van der Waals surface area (Å²) in [5, 5.41) is 12.6. The van der Waals surface area contributed by atoms with E-state index >= 15 is 4.39 Å². The molecule has 0 saturated carbocycles. The molecule has 3 heterocycles. The van der Waals surface area contributed by atoms with E-state index in [1.165, 1.54) is 30.5 Å². The molecule has 1 amide bonds. The van der Waals surface area contributed by atoms with Gasteiger partial charge >= 0.3 is 12.1 Å². The van der Waals surface area contributed by atoms with Crippen molar-refractivity contribution < 1.29 is 19.0 Å². The molecule has 1 aromatic carbocycles. The molecular formula is C20H14FN5O3S. The summed E-state index contributed by atoms with van der Waals surface area (Å²) in [6.07, 6.45) is 3.47. The SMILES string of the molecule is CC(O)(C#Cc1cccc(-c2c[nH]c3cnc(OC(N)=O)nc23)c1F)c1nccs1. The van der Waals surface area contributed by atoms with Crippen molar-refractivity contribution in [1.29, 1.82) is 0 Å². The van der Waals surface area contributed by atoms with Gasteiger partial charge in [0.05, 0.1) is 17.3 Å². The number of nitrogens with one attached hydrogen (secondary N) is 1. The summed E-state index contributed by atoms with van der Waals surface area (Å²) in [7, 11) is 0. The number of nitrogens with two attached hydrogens (primary N) is 1. The first-order valence-electron chi connectivity index (χ1n) is 8.61. The fourth-order valence-electron chi connectivity index (χ4n) is 2.78. The molecule has 4 aromatic rings. The maximum atomic E-state index is 15.2. The van der Waals surface area contributed by atoms with Gasteiger partial charge in [-0.3, -0.25) is 0 Å². The van der Waals surface area contributed by atoms with Gasteiger partial charge in [0.1, 0.15) is 16.3 Å². The number of primary amides is 1. The summed E-state index contributed by atoms with van der Waals surface area (Å²) >= 11 is 1.26. The van der Waals surface area contributed by atoms with Gasteiger partial charge in [-0.25, -0.2) is 19.2 Å². The first-order valence-corrected chi connectivity index (χ1v) is 9.49. The van der Waals surface area contributed by atoms with Crippen LogP contribution in [0.1, 0.15) is 17.5 Å². The van der Waals surface area contributed by atoms with Crippen LogP contribution in [-0.2, 0) is 5.60 Å². The minimum atomic E-state index is -1.51. The number of ether oxygens (including phenoxy) is 1. The van der Waals surface area contributed by atoms with Crippen LogP contribution in [0.5, 0.6) is 6.01 Å². The Balaban J connectivity index is 1.76. The van der Waals surface area contributed by atoms with E-state index in [2.05, 4.69) is 31.8 Å². The summed E-state index contributed by atoms with van der Waals surface area (Å²) in [6.45, 7) is 1.50. The molecule has 0 bridgehead atoms. The van der Waals surface area contributed by atoms with Crippen LogP contribution in [0.2, 0.25) is 0 Å². The minimum Gasteiger partial charge on any atom is -0.374 e. The number of halogens is 1. The highest BCUT2D eigenvalue weighted by molar-refractivity contribution is 7.09. The Hall–Kier alpha value is -3.81. The largest absolute Gasteiger partial charge is 0.412 e. The quantitative estimate of drug-likeness (QED) is 0.435. The summed E-state index contributed by atoms with van der Waals surface area (Å²) in [4.78, 5) is 25.9. The molecule has 0 saturated heterocycles. The maximum absolute atomic E-state index is 15.2. The molecule has 0 radical (unpaired) electrons. The Morgan fingerprint density at radius 1 is 1.37 bits per heavy atom. The topological polar surface area (TPSA) is 127 Å². The van der Waals surface area contributed by atoms with E-state index in [4.69, 9.17) is 10.5 Å². The molecular weight excluding hydrogens is 409 g/mol. The maximum Gasteiger partial charge on any atom is 0.412 e. The van der Waals surface area contributed by atoms with Crippen LogP contribution in [0, 0.1) is 17.7 Å². The molecule has 150 valence electrons. The molecule has 0 aliphatic heterocycles. The summed E-state index contributed by atoms with van der Waals surface area (Å²) < 4.78 is 19.9. The van der Waals surface area contributed by atoms with E-state index in [1.807, 2.05) is 0 Å². The molecule has 0 fully saturated rings. The molecule has 0 spiro atoms. The zero-order valence-electron chi connectivity index (χ0n) is 15.5. The molecule has 10 heteroatoms. The van der Waals surface area contributed by atoms with Gasteiger partial charge in [-0.1, -0.05) is 24.0 Å². The third-order valence-electron chi connectivity index (χ3n) is 4.16. The van der Waals surface area contributed by atoms with Gasteiger partial charge in [0.15, 0.2) is 5.60 Å². The van der Waals surface area contributed by atoms with E-state index in [0.717, 1.165) is 0 Å². The van der Waals surface area contributed by atoms with E-state index < -0.39 is 17.5 Å². The van der Waals surface area contributed by atoms with Gasteiger partial charge in [0.2, 0.25) is 0 Å². The lowest BCUT2D eigenvalue weighted by atomic mass is 10.0. The zero-order chi connectivity index (χ0) is 21.3. The Bertz CT molecular complexity index is 1310. The monoisotopic (exact) mass is 423 g/mol. The van der Waals surface area contributed by atoms with Crippen LogP contribution in [0.15, 0.2) is 42.2 Å². The van der Waals surface area contributed by atoms with Crippen LogP contribution in [0.3, 0.4) is 0 Å². The number of aromatic amines is 1.